The molecule has 1 heterocycles. The highest BCUT2D eigenvalue weighted by Gasteiger charge is 2.40. The van der Waals surface area contributed by atoms with Crippen molar-refractivity contribution >= 4 is 23.7 Å². The lowest BCUT2D eigenvalue weighted by molar-refractivity contribution is -0.143. The van der Waals surface area contributed by atoms with E-state index in [1.807, 2.05) is 6.07 Å². The Morgan fingerprint density at radius 1 is 1.33 bits per heavy atom. The fourth-order valence-corrected chi connectivity index (χ4v) is 3.10. The number of aliphatic hydroxyl groups excluding tert-OH is 1. The van der Waals surface area contributed by atoms with Crippen molar-refractivity contribution in [2.24, 2.45) is 0 Å². The predicted molar refractivity (Wildman–Crippen MR) is 79.1 cm³/mol. The molecule has 0 aliphatic carbocycles. The normalized spacial score (nSPS) is 22.0. The number of hydrogen-bond donors (Lipinski definition) is 1. The summed E-state index contributed by atoms with van der Waals surface area (Å²) >= 11 is 1.36. The molecule has 5 nitrogen and oxygen atoms in total. The van der Waals surface area contributed by atoms with Gasteiger partial charge in [-0.05, 0) is 25.5 Å². The van der Waals surface area contributed by atoms with Gasteiger partial charge in [-0.2, -0.15) is 0 Å². The van der Waals surface area contributed by atoms with Gasteiger partial charge in [0.25, 0.3) is 0 Å². The summed E-state index contributed by atoms with van der Waals surface area (Å²) in [7, 11) is 0. The fourth-order valence-electron chi connectivity index (χ4n) is 1.97. The number of aliphatic hydroxyl groups is 1. The third-order valence-electron chi connectivity index (χ3n) is 3.16. The van der Waals surface area contributed by atoms with Crippen LogP contribution in [0.5, 0.6) is 0 Å². The minimum Gasteiger partial charge on any atom is -0.465 e. The molecule has 0 radical (unpaired) electrons. The van der Waals surface area contributed by atoms with Crippen LogP contribution in [0.4, 0.5) is 0 Å². The van der Waals surface area contributed by atoms with Crippen LogP contribution in [0, 0.1) is 0 Å². The number of benzene rings is 1. The molecular formula is C15H18O5S. The second-order valence-corrected chi connectivity index (χ2v) is 6.13. The van der Waals surface area contributed by atoms with Crippen molar-refractivity contribution in [1.29, 1.82) is 0 Å². The Balaban J connectivity index is 1.71. The van der Waals surface area contributed by atoms with E-state index in [9.17, 15) is 14.7 Å². The zero-order valence-electron chi connectivity index (χ0n) is 11.7. The molecule has 1 aliphatic heterocycles. The highest BCUT2D eigenvalue weighted by molar-refractivity contribution is 8.02. The molecule has 0 bridgehead atoms. The Labute approximate surface area is 127 Å². The van der Waals surface area contributed by atoms with Crippen LogP contribution in [0.2, 0.25) is 0 Å². The Kier molecular flexibility index (Phi) is 5.64. The first-order valence-electron chi connectivity index (χ1n) is 6.84. The van der Waals surface area contributed by atoms with Crippen molar-refractivity contribution in [2.45, 2.75) is 29.9 Å². The van der Waals surface area contributed by atoms with Crippen LogP contribution in [-0.4, -0.2) is 46.9 Å². The van der Waals surface area contributed by atoms with Crippen LogP contribution in [-0.2, 0) is 14.3 Å². The maximum atomic E-state index is 11.7. The van der Waals surface area contributed by atoms with Gasteiger partial charge < -0.3 is 14.6 Å². The molecule has 21 heavy (non-hydrogen) atoms. The second kappa shape index (κ2) is 7.47. The number of carbonyl (C=O) groups is 2. The molecule has 1 aromatic rings. The van der Waals surface area contributed by atoms with Crippen LogP contribution < -0.4 is 0 Å². The Morgan fingerprint density at radius 2 is 2.00 bits per heavy atom. The van der Waals surface area contributed by atoms with E-state index in [1.165, 1.54) is 11.8 Å². The molecule has 1 N–H and O–H groups in total. The number of carbonyl (C=O) groups excluding carboxylic acids is 2. The number of rotatable bonds is 6. The topological polar surface area (TPSA) is 72.8 Å². The number of ether oxygens (including phenoxy) is 2. The molecular weight excluding hydrogens is 292 g/mol. The van der Waals surface area contributed by atoms with E-state index in [4.69, 9.17) is 9.47 Å². The van der Waals surface area contributed by atoms with E-state index >= 15 is 0 Å². The highest BCUT2D eigenvalue weighted by Crippen LogP contribution is 2.39. The van der Waals surface area contributed by atoms with Gasteiger partial charge in [-0.15, -0.1) is 11.8 Å². The molecule has 6 heteroatoms. The summed E-state index contributed by atoms with van der Waals surface area (Å²) < 4.78 is 9.97. The number of esters is 2. The minimum atomic E-state index is -0.770. The van der Waals surface area contributed by atoms with E-state index in [0.717, 1.165) is 0 Å². The van der Waals surface area contributed by atoms with Crippen LogP contribution in [0.15, 0.2) is 30.3 Å². The lowest BCUT2D eigenvalue weighted by atomic mass is 10.1. The van der Waals surface area contributed by atoms with Crippen molar-refractivity contribution in [3.05, 3.63) is 35.9 Å². The molecule has 0 saturated carbocycles. The van der Waals surface area contributed by atoms with Crippen molar-refractivity contribution in [2.75, 3.05) is 13.2 Å². The quantitative estimate of drug-likeness (QED) is 0.805. The second-order valence-electron chi connectivity index (χ2n) is 4.68. The first-order valence-corrected chi connectivity index (χ1v) is 7.78. The zero-order valence-corrected chi connectivity index (χ0v) is 12.5. The van der Waals surface area contributed by atoms with Crippen molar-refractivity contribution in [1.82, 2.24) is 0 Å². The van der Waals surface area contributed by atoms with Gasteiger partial charge in [0, 0.05) is 5.25 Å². The summed E-state index contributed by atoms with van der Waals surface area (Å²) in [6, 6.07) is 8.62. The summed E-state index contributed by atoms with van der Waals surface area (Å²) in [5.74, 6) is -0.701. The van der Waals surface area contributed by atoms with E-state index in [-0.39, 0.29) is 23.1 Å². The first kappa shape index (κ1) is 15.9. The minimum absolute atomic E-state index is 0.0685. The van der Waals surface area contributed by atoms with E-state index in [1.54, 1.807) is 31.2 Å². The van der Waals surface area contributed by atoms with Gasteiger partial charge in [0.15, 0.2) is 0 Å². The van der Waals surface area contributed by atoms with Crippen LogP contribution in [0.3, 0.4) is 0 Å². The highest BCUT2D eigenvalue weighted by atomic mass is 32.2. The van der Waals surface area contributed by atoms with Gasteiger partial charge >= 0.3 is 11.9 Å². The van der Waals surface area contributed by atoms with Crippen molar-refractivity contribution in [3.8, 4) is 0 Å². The standard InChI is InChI=1S/C15H18O5S/c1-2-19-15(18)13-8-12(21-13)11(16)9-20-14(17)10-6-4-3-5-7-10/h3-7,11-13,16H,2,8-9H2,1H3/t11-,12?,13?/m0/s1. The molecule has 0 spiro atoms. The monoisotopic (exact) mass is 310 g/mol. The zero-order chi connectivity index (χ0) is 15.2. The average molecular weight is 310 g/mol. The molecule has 1 saturated heterocycles. The van der Waals surface area contributed by atoms with Gasteiger partial charge in [-0.1, -0.05) is 18.2 Å². The number of hydrogen-bond acceptors (Lipinski definition) is 6. The third kappa shape index (κ3) is 4.22. The molecule has 0 aromatic heterocycles. The smallest absolute Gasteiger partial charge is 0.338 e. The Bertz CT molecular complexity index is 484. The Morgan fingerprint density at radius 3 is 2.62 bits per heavy atom. The maximum Gasteiger partial charge on any atom is 0.338 e. The van der Waals surface area contributed by atoms with E-state index < -0.39 is 12.1 Å². The van der Waals surface area contributed by atoms with Gasteiger partial charge in [-0.3, -0.25) is 4.79 Å². The van der Waals surface area contributed by atoms with Crippen molar-refractivity contribution < 1.29 is 24.2 Å². The molecule has 1 fully saturated rings. The SMILES string of the molecule is CCOC(=O)C1CC([C@@H](O)COC(=O)c2ccccc2)S1. The molecule has 3 atom stereocenters. The van der Waals surface area contributed by atoms with E-state index in [2.05, 4.69) is 0 Å². The van der Waals surface area contributed by atoms with Crippen molar-refractivity contribution in [3.63, 3.8) is 0 Å². The van der Waals surface area contributed by atoms with Gasteiger partial charge in [-0.25, -0.2) is 4.79 Å². The molecule has 2 rings (SSSR count). The van der Waals surface area contributed by atoms with Crippen LogP contribution in [0.25, 0.3) is 0 Å². The lowest BCUT2D eigenvalue weighted by Gasteiger charge is -2.35. The first-order chi connectivity index (χ1) is 10.1. The predicted octanol–water partition coefficient (Wildman–Crippen LogP) is 1.64. The number of thioether (sulfide) groups is 1. The van der Waals surface area contributed by atoms with Gasteiger partial charge in [0.2, 0.25) is 0 Å². The maximum absolute atomic E-state index is 11.7. The summed E-state index contributed by atoms with van der Waals surface area (Å²) in [6.07, 6.45) is -0.221. The summed E-state index contributed by atoms with van der Waals surface area (Å²) in [5.41, 5.74) is 0.454. The largest absolute Gasteiger partial charge is 0.465 e. The average Bonchev–Trinajstić information content (AvgIpc) is 2.44. The van der Waals surface area contributed by atoms with Crippen LogP contribution in [0.1, 0.15) is 23.7 Å². The fraction of sp³-hybridized carbons (Fsp3) is 0.467. The Hall–Kier alpha value is -1.53. The van der Waals surface area contributed by atoms with Gasteiger partial charge in [0.05, 0.1) is 12.2 Å². The molecule has 1 aliphatic rings. The lowest BCUT2D eigenvalue weighted by Crippen LogP contribution is -2.43. The third-order valence-corrected chi connectivity index (χ3v) is 4.73. The summed E-state index contributed by atoms with van der Waals surface area (Å²) in [4.78, 5) is 23.2. The molecule has 114 valence electrons. The summed E-state index contributed by atoms with van der Waals surface area (Å²) in [5, 5.41) is 9.64. The molecule has 2 unspecified atom stereocenters. The molecule has 0 amide bonds. The van der Waals surface area contributed by atoms with Gasteiger partial charge in [0.1, 0.15) is 18.0 Å². The summed E-state index contributed by atoms with van der Waals surface area (Å²) in [6.45, 7) is 2.05. The van der Waals surface area contributed by atoms with E-state index in [0.29, 0.717) is 18.6 Å². The van der Waals surface area contributed by atoms with Crippen LogP contribution >= 0.6 is 11.8 Å². The molecule has 1 aromatic carbocycles.